The number of furan rings is 1. The summed E-state index contributed by atoms with van der Waals surface area (Å²) in [6.07, 6.45) is 0. The minimum absolute atomic E-state index is 0.0408. The first kappa shape index (κ1) is 19.2. The Kier molecular flexibility index (Phi) is 5.50. The fourth-order valence-corrected chi connectivity index (χ4v) is 3.13. The van der Waals surface area contributed by atoms with Crippen LogP contribution >= 0.6 is 11.3 Å². The quantitative estimate of drug-likeness (QED) is 0.481. The number of nitrogens with one attached hydrogen (secondary N) is 2. The predicted molar refractivity (Wildman–Crippen MR) is 103 cm³/mol. The maximum atomic E-state index is 12.4. The number of benzene rings is 1. The zero-order valence-corrected chi connectivity index (χ0v) is 15.8. The summed E-state index contributed by atoms with van der Waals surface area (Å²) in [6.45, 7) is 3.28. The standard InChI is InChI=1S/C18H16N4O5S/c1-10-7-12(3-5-15(10)22(25)26)17(24)21-18-20-14(9-28-18)16-6-4-13(27-16)8-19-11(2)23/h3-7,9H,8H2,1-2H3,(H,19,23)(H,20,21,24). The molecule has 10 heteroatoms. The van der Waals surface area contributed by atoms with Crippen LogP contribution in [0.1, 0.15) is 28.6 Å². The second-order valence-electron chi connectivity index (χ2n) is 5.93. The van der Waals surface area contributed by atoms with Crippen LogP contribution in [0.5, 0.6) is 0 Å². The largest absolute Gasteiger partial charge is 0.458 e. The molecule has 2 aromatic heterocycles. The Morgan fingerprint density at radius 1 is 1.29 bits per heavy atom. The molecule has 0 saturated carbocycles. The third kappa shape index (κ3) is 4.41. The predicted octanol–water partition coefficient (Wildman–Crippen LogP) is 3.51. The molecule has 0 unspecified atom stereocenters. The fourth-order valence-electron chi connectivity index (χ4n) is 2.44. The summed E-state index contributed by atoms with van der Waals surface area (Å²) in [6, 6.07) is 7.63. The molecule has 0 bridgehead atoms. The van der Waals surface area contributed by atoms with Gasteiger partial charge in [0.2, 0.25) is 5.91 Å². The molecule has 0 saturated heterocycles. The number of anilines is 1. The van der Waals surface area contributed by atoms with Crippen molar-refractivity contribution >= 4 is 34.0 Å². The van der Waals surface area contributed by atoms with Gasteiger partial charge < -0.3 is 9.73 Å². The number of nitrogens with zero attached hydrogens (tertiary/aromatic N) is 2. The van der Waals surface area contributed by atoms with Crippen molar-refractivity contribution in [1.29, 1.82) is 0 Å². The lowest BCUT2D eigenvalue weighted by Gasteiger charge is -2.03. The molecule has 1 aromatic carbocycles. The Morgan fingerprint density at radius 2 is 2.07 bits per heavy atom. The molecule has 2 heterocycles. The second-order valence-corrected chi connectivity index (χ2v) is 6.78. The van der Waals surface area contributed by atoms with Gasteiger partial charge in [0, 0.05) is 29.5 Å². The topological polar surface area (TPSA) is 127 Å². The van der Waals surface area contributed by atoms with Gasteiger partial charge in [0.1, 0.15) is 11.5 Å². The second kappa shape index (κ2) is 8.01. The summed E-state index contributed by atoms with van der Waals surface area (Å²) in [4.78, 5) is 38.0. The molecule has 0 spiro atoms. The molecule has 0 radical (unpaired) electrons. The van der Waals surface area contributed by atoms with E-state index in [4.69, 9.17) is 4.42 Å². The van der Waals surface area contributed by atoms with Crippen LogP contribution < -0.4 is 10.6 Å². The van der Waals surface area contributed by atoms with E-state index in [2.05, 4.69) is 15.6 Å². The highest BCUT2D eigenvalue weighted by Gasteiger charge is 2.16. The average molecular weight is 400 g/mol. The Hall–Kier alpha value is -3.53. The van der Waals surface area contributed by atoms with Crippen molar-refractivity contribution in [2.75, 3.05) is 5.32 Å². The van der Waals surface area contributed by atoms with Crippen LogP contribution in [-0.2, 0) is 11.3 Å². The Bertz CT molecular complexity index is 1060. The molecule has 144 valence electrons. The lowest BCUT2D eigenvalue weighted by molar-refractivity contribution is -0.385. The number of carbonyl (C=O) groups excluding carboxylic acids is 2. The molecule has 9 nitrogen and oxygen atoms in total. The summed E-state index contributed by atoms with van der Waals surface area (Å²) in [5.41, 5.74) is 1.21. The van der Waals surface area contributed by atoms with E-state index in [-0.39, 0.29) is 18.1 Å². The zero-order chi connectivity index (χ0) is 20.3. The van der Waals surface area contributed by atoms with Gasteiger partial charge in [-0.25, -0.2) is 4.98 Å². The van der Waals surface area contributed by atoms with Gasteiger partial charge in [0.25, 0.3) is 11.6 Å². The molecule has 0 aliphatic heterocycles. The number of nitro benzene ring substituents is 1. The smallest absolute Gasteiger partial charge is 0.272 e. The van der Waals surface area contributed by atoms with E-state index >= 15 is 0 Å². The molecular weight excluding hydrogens is 384 g/mol. The molecule has 2 N–H and O–H groups in total. The number of carbonyl (C=O) groups is 2. The van der Waals surface area contributed by atoms with E-state index in [0.29, 0.717) is 33.5 Å². The van der Waals surface area contributed by atoms with E-state index in [1.165, 1.54) is 36.5 Å². The van der Waals surface area contributed by atoms with Gasteiger partial charge in [-0.05, 0) is 31.2 Å². The highest BCUT2D eigenvalue weighted by atomic mass is 32.1. The van der Waals surface area contributed by atoms with Gasteiger partial charge in [-0.3, -0.25) is 25.0 Å². The number of hydrogen-bond acceptors (Lipinski definition) is 7. The summed E-state index contributed by atoms with van der Waals surface area (Å²) < 4.78 is 5.63. The van der Waals surface area contributed by atoms with Crippen molar-refractivity contribution in [2.45, 2.75) is 20.4 Å². The van der Waals surface area contributed by atoms with Crippen molar-refractivity contribution in [3.05, 3.63) is 62.7 Å². The van der Waals surface area contributed by atoms with Crippen LogP contribution in [0.2, 0.25) is 0 Å². The number of amides is 2. The van der Waals surface area contributed by atoms with Crippen molar-refractivity contribution in [3.63, 3.8) is 0 Å². The van der Waals surface area contributed by atoms with E-state index in [1.807, 2.05) is 0 Å². The van der Waals surface area contributed by atoms with Gasteiger partial charge >= 0.3 is 0 Å². The van der Waals surface area contributed by atoms with E-state index < -0.39 is 10.8 Å². The maximum absolute atomic E-state index is 12.4. The number of thiazole rings is 1. The first-order valence-corrected chi connectivity index (χ1v) is 9.07. The SMILES string of the molecule is CC(=O)NCc1ccc(-c2csc(NC(=O)c3ccc([N+](=O)[O-])c(C)c3)n2)o1. The number of rotatable bonds is 6. The number of aromatic nitrogens is 1. The lowest BCUT2D eigenvalue weighted by Crippen LogP contribution is -2.18. The summed E-state index contributed by atoms with van der Waals surface area (Å²) in [5, 5.41) is 18.3. The Labute approximate surface area is 163 Å². The number of hydrogen-bond donors (Lipinski definition) is 2. The highest BCUT2D eigenvalue weighted by Crippen LogP contribution is 2.27. The maximum Gasteiger partial charge on any atom is 0.272 e. The van der Waals surface area contributed by atoms with Crippen LogP contribution in [0, 0.1) is 17.0 Å². The van der Waals surface area contributed by atoms with Gasteiger partial charge in [-0.2, -0.15) is 0 Å². The van der Waals surface area contributed by atoms with E-state index in [9.17, 15) is 19.7 Å². The van der Waals surface area contributed by atoms with E-state index in [0.717, 1.165) is 0 Å². The lowest BCUT2D eigenvalue weighted by atomic mass is 10.1. The Balaban J connectivity index is 1.69. The Morgan fingerprint density at radius 3 is 2.75 bits per heavy atom. The summed E-state index contributed by atoms with van der Waals surface area (Å²) in [7, 11) is 0. The van der Waals surface area contributed by atoms with Gasteiger partial charge in [-0.15, -0.1) is 11.3 Å². The van der Waals surface area contributed by atoms with Crippen LogP contribution in [0.3, 0.4) is 0 Å². The summed E-state index contributed by atoms with van der Waals surface area (Å²) in [5.74, 6) is 0.538. The van der Waals surface area contributed by atoms with Crippen molar-refractivity contribution in [3.8, 4) is 11.5 Å². The van der Waals surface area contributed by atoms with Crippen molar-refractivity contribution in [1.82, 2.24) is 10.3 Å². The molecule has 0 aliphatic rings. The van der Waals surface area contributed by atoms with Crippen LogP contribution in [0.15, 0.2) is 40.1 Å². The zero-order valence-electron chi connectivity index (χ0n) is 15.0. The molecule has 0 atom stereocenters. The normalized spacial score (nSPS) is 10.5. The third-order valence-electron chi connectivity index (χ3n) is 3.81. The van der Waals surface area contributed by atoms with Crippen LogP contribution in [-0.4, -0.2) is 21.7 Å². The first-order valence-electron chi connectivity index (χ1n) is 8.19. The molecule has 3 rings (SSSR count). The van der Waals surface area contributed by atoms with Gasteiger partial charge in [0.05, 0.1) is 11.5 Å². The summed E-state index contributed by atoms with van der Waals surface area (Å²) >= 11 is 1.23. The van der Waals surface area contributed by atoms with Crippen molar-refractivity contribution < 1.29 is 18.9 Å². The molecule has 0 fully saturated rings. The van der Waals surface area contributed by atoms with Crippen LogP contribution in [0.4, 0.5) is 10.8 Å². The first-order chi connectivity index (χ1) is 13.3. The molecule has 0 aliphatic carbocycles. The molecule has 2 amide bonds. The average Bonchev–Trinajstić information content (AvgIpc) is 3.28. The monoisotopic (exact) mass is 400 g/mol. The molecule has 28 heavy (non-hydrogen) atoms. The van der Waals surface area contributed by atoms with Crippen molar-refractivity contribution in [2.24, 2.45) is 0 Å². The minimum atomic E-state index is -0.492. The van der Waals surface area contributed by atoms with Gasteiger partial charge in [-0.1, -0.05) is 0 Å². The minimum Gasteiger partial charge on any atom is -0.458 e. The number of nitro groups is 1. The third-order valence-corrected chi connectivity index (χ3v) is 4.56. The fraction of sp³-hybridized carbons (Fsp3) is 0.167. The highest BCUT2D eigenvalue weighted by molar-refractivity contribution is 7.14. The molecular formula is C18H16N4O5S. The van der Waals surface area contributed by atoms with Gasteiger partial charge in [0.15, 0.2) is 10.9 Å². The van der Waals surface area contributed by atoms with E-state index in [1.54, 1.807) is 24.4 Å². The van der Waals surface area contributed by atoms with Crippen LogP contribution in [0.25, 0.3) is 11.5 Å². The molecule has 3 aromatic rings. The number of aryl methyl sites for hydroxylation is 1.